The highest BCUT2D eigenvalue weighted by Crippen LogP contribution is 2.16. The van der Waals surface area contributed by atoms with Gasteiger partial charge in [0.2, 0.25) is 5.95 Å². The lowest BCUT2D eigenvalue weighted by Crippen LogP contribution is -2.31. The van der Waals surface area contributed by atoms with Gasteiger partial charge >= 0.3 is 0 Å². The Bertz CT molecular complexity index is 322. The Balaban J connectivity index is 3.06. The normalized spacial score (nSPS) is 10.5. The van der Waals surface area contributed by atoms with Crippen molar-refractivity contribution in [3.63, 3.8) is 0 Å². The summed E-state index contributed by atoms with van der Waals surface area (Å²) in [5.41, 5.74) is 0.989. The molecule has 0 amide bonds. The highest BCUT2D eigenvalue weighted by Gasteiger charge is 2.11. The lowest BCUT2D eigenvalue weighted by atomic mass is 10.3. The van der Waals surface area contributed by atoms with E-state index in [9.17, 15) is 0 Å². The van der Waals surface area contributed by atoms with Crippen LogP contribution in [-0.4, -0.2) is 29.6 Å². The molecule has 4 heteroatoms. The van der Waals surface area contributed by atoms with Gasteiger partial charge in [-0.3, -0.25) is 0 Å². The van der Waals surface area contributed by atoms with Crippen LogP contribution in [0.4, 0.5) is 11.8 Å². The molecule has 0 atom stereocenters. The fourth-order valence-electron chi connectivity index (χ4n) is 1.60. The van der Waals surface area contributed by atoms with E-state index in [2.05, 4.69) is 41.0 Å². The summed E-state index contributed by atoms with van der Waals surface area (Å²) < 4.78 is 0. The third kappa shape index (κ3) is 2.81. The predicted octanol–water partition coefficient (Wildman–Crippen LogP) is 2.06. The molecule has 1 aromatic rings. The molecule has 1 heterocycles. The van der Waals surface area contributed by atoms with Crippen LogP contribution in [0.2, 0.25) is 0 Å². The molecule has 1 N–H and O–H groups in total. The molecule has 0 radical (unpaired) electrons. The van der Waals surface area contributed by atoms with E-state index in [1.165, 1.54) is 0 Å². The Morgan fingerprint density at radius 2 is 2.07 bits per heavy atom. The zero-order chi connectivity index (χ0) is 11.4. The first kappa shape index (κ1) is 11.8. The van der Waals surface area contributed by atoms with E-state index in [1.807, 2.05) is 20.0 Å². The Kier molecular flexibility index (Phi) is 3.88. The Labute approximate surface area is 91.7 Å². The van der Waals surface area contributed by atoms with Gasteiger partial charge in [0.25, 0.3) is 0 Å². The van der Waals surface area contributed by atoms with Crippen LogP contribution in [-0.2, 0) is 0 Å². The topological polar surface area (TPSA) is 41.1 Å². The van der Waals surface area contributed by atoms with Crippen LogP contribution in [0.5, 0.6) is 0 Å². The molecule has 84 valence electrons. The SMILES string of the molecule is CCN(c1cc(C)nc(NC)n1)C(C)C. The standard InChI is InChI=1S/C11H20N4/c1-6-15(8(2)3)10-7-9(4)13-11(12-5)14-10/h7-8H,6H2,1-5H3,(H,12,13,14). The number of hydrogen-bond donors (Lipinski definition) is 1. The van der Waals surface area contributed by atoms with Crippen molar-refractivity contribution >= 4 is 11.8 Å². The number of aromatic nitrogens is 2. The minimum absolute atomic E-state index is 0.453. The van der Waals surface area contributed by atoms with Gasteiger partial charge in [0.1, 0.15) is 5.82 Å². The van der Waals surface area contributed by atoms with Gasteiger partial charge in [-0.1, -0.05) is 0 Å². The Morgan fingerprint density at radius 1 is 1.40 bits per heavy atom. The predicted molar refractivity (Wildman–Crippen MR) is 64.5 cm³/mol. The van der Waals surface area contributed by atoms with Crippen LogP contribution in [0.25, 0.3) is 0 Å². The van der Waals surface area contributed by atoms with Crippen molar-refractivity contribution in [3.05, 3.63) is 11.8 Å². The minimum atomic E-state index is 0.453. The molecule has 1 rings (SSSR count). The molecule has 1 aromatic heterocycles. The molecule has 0 unspecified atom stereocenters. The van der Waals surface area contributed by atoms with E-state index < -0.39 is 0 Å². The van der Waals surface area contributed by atoms with Gasteiger partial charge in [0.15, 0.2) is 0 Å². The second kappa shape index (κ2) is 4.96. The van der Waals surface area contributed by atoms with Crippen molar-refractivity contribution in [3.8, 4) is 0 Å². The largest absolute Gasteiger partial charge is 0.357 e. The summed E-state index contributed by atoms with van der Waals surface area (Å²) in [6, 6.07) is 2.47. The molecule has 0 saturated carbocycles. The monoisotopic (exact) mass is 208 g/mol. The van der Waals surface area contributed by atoms with Crippen LogP contribution in [0.3, 0.4) is 0 Å². The Morgan fingerprint density at radius 3 is 2.53 bits per heavy atom. The highest BCUT2D eigenvalue weighted by atomic mass is 15.2. The maximum absolute atomic E-state index is 4.45. The summed E-state index contributed by atoms with van der Waals surface area (Å²) in [7, 11) is 1.84. The van der Waals surface area contributed by atoms with E-state index in [-0.39, 0.29) is 0 Å². The summed E-state index contributed by atoms with van der Waals surface area (Å²) in [6.07, 6.45) is 0. The second-order valence-corrected chi connectivity index (χ2v) is 3.82. The first-order chi connectivity index (χ1) is 7.08. The minimum Gasteiger partial charge on any atom is -0.357 e. The summed E-state index contributed by atoms with van der Waals surface area (Å²) in [5, 5.41) is 2.98. The molecule has 0 aromatic carbocycles. The number of nitrogens with one attached hydrogen (secondary N) is 1. The Hall–Kier alpha value is -1.32. The molecular weight excluding hydrogens is 188 g/mol. The van der Waals surface area contributed by atoms with Crippen molar-refractivity contribution in [2.45, 2.75) is 33.7 Å². The molecule has 0 bridgehead atoms. The van der Waals surface area contributed by atoms with E-state index in [0.717, 1.165) is 18.1 Å². The fourth-order valence-corrected chi connectivity index (χ4v) is 1.60. The third-order valence-electron chi connectivity index (χ3n) is 2.32. The van der Waals surface area contributed by atoms with E-state index >= 15 is 0 Å². The molecule has 0 spiro atoms. The van der Waals surface area contributed by atoms with Crippen molar-refractivity contribution in [2.24, 2.45) is 0 Å². The molecule has 0 aliphatic heterocycles. The van der Waals surface area contributed by atoms with E-state index in [0.29, 0.717) is 12.0 Å². The van der Waals surface area contributed by atoms with Gasteiger partial charge in [-0.25, -0.2) is 4.98 Å². The van der Waals surface area contributed by atoms with Crippen LogP contribution in [0.15, 0.2) is 6.07 Å². The maximum atomic E-state index is 4.45. The van der Waals surface area contributed by atoms with Gasteiger partial charge in [0, 0.05) is 31.4 Å². The summed E-state index contributed by atoms with van der Waals surface area (Å²) in [4.78, 5) is 11.0. The molecular formula is C11H20N4. The average molecular weight is 208 g/mol. The van der Waals surface area contributed by atoms with Crippen LogP contribution in [0, 0.1) is 6.92 Å². The molecule has 15 heavy (non-hydrogen) atoms. The summed E-state index contributed by atoms with van der Waals surface area (Å²) in [6.45, 7) is 9.41. The zero-order valence-corrected chi connectivity index (χ0v) is 10.2. The average Bonchev–Trinajstić information content (AvgIpc) is 2.17. The van der Waals surface area contributed by atoms with Crippen molar-refractivity contribution < 1.29 is 0 Å². The van der Waals surface area contributed by atoms with Crippen LogP contribution < -0.4 is 10.2 Å². The quantitative estimate of drug-likeness (QED) is 0.822. The summed E-state index contributed by atoms with van der Waals surface area (Å²) >= 11 is 0. The molecule has 0 aliphatic carbocycles. The van der Waals surface area contributed by atoms with E-state index in [1.54, 1.807) is 0 Å². The lowest BCUT2D eigenvalue weighted by Gasteiger charge is -2.26. The van der Waals surface area contributed by atoms with Gasteiger partial charge in [-0.2, -0.15) is 4.98 Å². The fraction of sp³-hybridized carbons (Fsp3) is 0.636. The second-order valence-electron chi connectivity index (χ2n) is 3.82. The summed E-state index contributed by atoms with van der Waals surface area (Å²) in [5.74, 6) is 1.67. The van der Waals surface area contributed by atoms with Crippen LogP contribution in [0.1, 0.15) is 26.5 Å². The smallest absolute Gasteiger partial charge is 0.224 e. The van der Waals surface area contributed by atoms with Crippen molar-refractivity contribution in [2.75, 3.05) is 23.8 Å². The zero-order valence-electron chi connectivity index (χ0n) is 10.2. The van der Waals surface area contributed by atoms with Crippen molar-refractivity contribution in [1.29, 1.82) is 0 Å². The number of anilines is 2. The van der Waals surface area contributed by atoms with Crippen LogP contribution >= 0.6 is 0 Å². The van der Waals surface area contributed by atoms with Gasteiger partial charge in [-0.05, 0) is 27.7 Å². The van der Waals surface area contributed by atoms with E-state index in [4.69, 9.17) is 0 Å². The van der Waals surface area contributed by atoms with Gasteiger partial charge in [-0.15, -0.1) is 0 Å². The molecule has 0 saturated heterocycles. The molecule has 0 aliphatic rings. The number of hydrogen-bond acceptors (Lipinski definition) is 4. The number of rotatable bonds is 4. The first-order valence-corrected chi connectivity index (χ1v) is 5.38. The lowest BCUT2D eigenvalue weighted by molar-refractivity contribution is 0.692. The van der Waals surface area contributed by atoms with Crippen molar-refractivity contribution in [1.82, 2.24) is 9.97 Å². The molecule has 4 nitrogen and oxygen atoms in total. The highest BCUT2D eigenvalue weighted by molar-refractivity contribution is 5.45. The maximum Gasteiger partial charge on any atom is 0.224 e. The van der Waals surface area contributed by atoms with Gasteiger partial charge < -0.3 is 10.2 Å². The molecule has 0 fully saturated rings. The first-order valence-electron chi connectivity index (χ1n) is 5.38. The third-order valence-corrected chi connectivity index (χ3v) is 2.32. The van der Waals surface area contributed by atoms with Gasteiger partial charge in [0.05, 0.1) is 0 Å². The number of nitrogens with zero attached hydrogens (tertiary/aromatic N) is 3. The number of aryl methyl sites for hydroxylation is 1.